The summed E-state index contributed by atoms with van der Waals surface area (Å²) in [6.07, 6.45) is 1.47. The highest BCUT2D eigenvalue weighted by molar-refractivity contribution is 5.71. The number of anilines is 2. The van der Waals surface area contributed by atoms with Gasteiger partial charge in [-0.25, -0.2) is 9.97 Å². The van der Waals surface area contributed by atoms with E-state index >= 15 is 0 Å². The van der Waals surface area contributed by atoms with Crippen molar-refractivity contribution in [3.63, 3.8) is 0 Å². The Labute approximate surface area is 135 Å². The molecule has 1 aromatic rings. The monoisotopic (exact) mass is 323 g/mol. The summed E-state index contributed by atoms with van der Waals surface area (Å²) in [6, 6.07) is 0. The van der Waals surface area contributed by atoms with E-state index in [1.54, 1.807) is 0 Å². The number of nitro groups is 1. The summed E-state index contributed by atoms with van der Waals surface area (Å²) in [4.78, 5) is 26.8. The second-order valence-corrected chi connectivity index (χ2v) is 6.51. The highest BCUT2D eigenvalue weighted by atomic mass is 16.6. The van der Waals surface area contributed by atoms with Crippen LogP contribution in [-0.2, 0) is 0 Å². The van der Waals surface area contributed by atoms with Crippen LogP contribution in [-0.4, -0.2) is 81.3 Å². The van der Waals surface area contributed by atoms with Crippen molar-refractivity contribution in [2.45, 2.75) is 0 Å². The first-order chi connectivity index (χ1) is 11.1. The van der Waals surface area contributed by atoms with Crippen molar-refractivity contribution in [2.75, 3.05) is 76.3 Å². The molecular formula is C14H25N7O2+2. The number of aromatic nitrogens is 2. The van der Waals surface area contributed by atoms with Crippen LogP contribution >= 0.6 is 0 Å². The maximum atomic E-state index is 11.7. The molecule has 126 valence electrons. The van der Waals surface area contributed by atoms with Crippen molar-refractivity contribution in [1.82, 2.24) is 9.97 Å². The number of hydrogen-bond donors (Lipinski definition) is 2. The molecule has 0 amide bonds. The molecule has 0 aliphatic carbocycles. The Morgan fingerprint density at radius 3 is 1.70 bits per heavy atom. The summed E-state index contributed by atoms with van der Waals surface area (Å²) < 4.78 is 0. The minimum Gasteiger partial charge on any atom is -0.339 e. The Kier molecular flexibility index (Phi) is 4.58. The number of rotatable bonds is 3. The average molecular weight is 323 g/mol. The van der Waals surface area contributed by atoms with Crippen LogP contribution in [0.15, 0.2) is 6.33 Å². The quantitative estimate of drug-likeness (QED) is 0.457. The van der Waals surface area contributed by atoms with Gasteiger partial charge in [0.05, 0.1) is 71.4 Å². The molecule has 0 bridgehead atoms. The third-order valence-electron chi connectivity index (χ3n) is 4.80. The lowest BCUT2D eigenvalue weighted by atomic mass is 10.2. The van der Waals surface area contributed by atoms with Crippen molar-refractivity contribution in [3.05, 3.63) is 16.4 Å². The van der Waals surface area contributed by atoms with Crippen LogP contribution in [0.5, 0.6) is 0 Å². The lowest BCUT2D eigenvalue weighted by Gasteiger charge is -2.33. The lowest BCUT2D eigenvalue weighted by molar-refractivity contribution is -0.880. The Bertz CT molecular complexity index is 526. The molecule has 0 aromatic carbocycles. The maximum absolute atomic E-state index is 11.7. The molecule has 0 unspecified atom stereocenters. The second kappa shape index (κ2) is 6.63. The minimum atomic E-state index is -0.318. The number of nitrogens with one attached hydrogen (secondary N) is 2. The van der Waals surface area contributed by atoms with Gasteiger partial charge in [0.2, 0.25) is 11.6 Å². The molecule has 0 radical (unpaired) electrons. The van der Waals surface area contributed by atoms with Crippen LogP contribution in [0.2, 0.25) is 0 Å². The van der Waals surface area contributed by atoms with Gasteiger partial charge in [-0.05, 0) is 0 Å². The first-order valence-electron chi connectivity index (χ1n) is 8.18. The number of nitrogens with zero attached hydrogens (tertiary/aromatic N) is 5. The van der Waals surface area contributed by atoms with Gasteiger partial charge < -0.3 is 19.6 Å². The molecule has 2 saturated heterocycles. The number of quaternary nitrogens is 2. The molecule has 2 aliphatic rings. The van der Waals surface area contributed by atoms with Gasteiger partial charge in [-0.1, -0.05) is 0 Å². The summed E-state index contributed by atoms with van der Waals surface area (Å²) in [5.74, 6) is 0.942. The molecule has 9 nitrogen and oxygen atoms in total. The first-order valence-corrected chi connectivity index (χ1v) is 8.18. The van der Waals surface area contributed by atoms with Crippen LogP contribution in [0.3, 0.4) is 0 Å². The largest absolute Gasteiger partial charge is 0.353 e. The van der Waals surface area contributed by atoms with E-state index in [0.717, 1.165) is 52.4 Å². The molecule has 0 spiro atoms. The average Bonchev–Trinajstić information content (AvgIpc) is 2.55. The summed E-state index contributed by atoms with van der Waals surface area (Å²) in [6.45, 7) is 7.02. The third-order valence-corrected chi connectivity index (χ3v) is 4.80. The van der Waals surface area contributed by atoms with E-state index in [1.807, 2.05) is 9.80 Å². The second-order valence-electron chi connectivity index (χ2n) is 6.51. The standard InChI is InChI=1S/C14H23N7O2/c1-17-3-7-19(8-4-17)13-12(21(22)23)14(16-11-15-13)20-9-5-18(2)6-10-20/h11H,3-10H2,1-2H3/p+2. The lowest BCUT2D eigenvalue weighted by Crippen LogP contribution is -3.12. The first kappa shape index (κ1) is 15.9. The Morgan fingerprint density at radius 1 is 0.957 bits per heavy atom. The van der Waals surface area contributed by atoms with E-state index in [2.05, 4.69) is 24.1 Å². The van der Waals surface area contributed by atoms with Crippen LogP contribution in [0.25, 0.3) is 0 Å². The molecule has 2 N–H and O–H groups in total. The van der Waals surface area contributed by atoms with Gasteiger partial charge in [-0.3, -0.25) is 10.1 Å². The van der Waals surface area contributed by atoms with E-state index < -0.39 is 0 Å². The zero-order valence-corrected chi connectivity index (χ0v) is 13.8. The van der Waals surface area contributed by atoms with Gasteiger partial charge >= 0.3 is 5.69 Å². The van der Waals surface area contributed by atoms with Gasteiger partial charge in [0.25, 0.3) is 0 Å². The predicted molar refractivity (Wildman–Crippen MR) is 86.4 cm³/mol. The SMILES string of the molecule is C[NH+]1CCN(c2ncnc(N3CC[NH+](C)CC3)c2[N+](=O)[O-])CC1. The van der Waals surface area contributed by atoms with Crippen LogP contribution in [0.4, 0.5) is 17.3 Å². The van der Waals surface area contributed by atoms with Crippen molar-refractivity contribution in [1.29, 1.82) is 0 Å². The third kappa shape index (κ3) is 3.35. The topological polar surface area (TPSA) is 84.3 Å². The van der Waals surface area contributed by atoms with Gasteiger partial charge in [-0.15, -0.1) is 0 Å². The highest BCUT2D eigenvalue weighted by Gasteiger charge is 2.33. The van der Waals surface area contributed by atoms with E-state index in [-0.39, 0.29) is 10.6 Å². The fourth-order valence-corrected chi connectivity index (χ4v) is 3.19. The maximum Gasteiger partial charge on any atom is 0.353 e. The highest BCUT2D eigenvalue weighted by Crippen LogP contribution is 2.34. The van der Waals surface area contributed by atoms with E-state index in [4.69, 9.17) is 0 Å². The molecule has 3 rings (SSSR count). The number of piperazine rings is 2. The summed E-state index contributed by atoms with van der Waals surface area (Å²) in [5.41, 5.74) is 0.0617. The smallest absolute Gasteiger partial charge is 0.339 e. The molecule has 3 heterocycles. The molecule has 0 atom stereocenters. The van der Waals surface area contributed by atoms with Crippen molar-refractivity contribution in [2.24, 2.45) is 0 Å². The zero-order valence-electron chi connectivity index (χ0n) is 13.8. The molecule has 9 heteroatoms. The zero-order chi connectivity index (χ0) is 16.4. The number of hydrogen-bond acceptors (Lipinski definition) is 6. The van der Waals surface area contributed by atoms with Gasteiger partial charge in [0.1, 0.15) is 6.33 Å². The molecule has 2 fully saturated rings. The van der Waals surface area contributed by atoms with E-state index in [9.17, 15) is 10.1 Å². The Hall–Kier alpha value is -2.00. The summed E-state index contributed by atoms with van der Waals surface area (Å²) in [7, 11) is 4.29. The van der Waals surface area contributed by atoms with Gasteiger partial charge in [0.15, 0.2) is 0 Å². The fourth-order valence-electron chi connectivity index (χ4n) is 3.19. The van der Waals surface area contributed by atoms with Crippen LogP contribution in [0.1, 0.15) is 0 Å². The van der Waals surface area contributed by atoms with Crippen molar-refractivity contribution >= 4 is 17.3 Å². The summed E-state index contributed by atoms with van der Waals surface area (Å²) >= 11 is 0. The Morgan fingerprint density at radius 2 is 1.35 bits per heavy atom. The van der Waals surface area contributed by atoms with E-state index in [0.29, 0.717) is 11.6 Å². The predicted octanol–water partition coefficient (Wildman–Crippen LogP) is -2.95. The number of likely N-dealkylation sites (N-methyl/N-ethyl adjacent to an activating group) is 2. The van der Waals surface area contributed by atoms with Crippen molar-refractivity contribution < 1.29 is 14.7 Å². The Balaban J connectivity index is 1.91. The molecule has 1 aromatic heterocycles. The van der Waals surface area contributed by atoms with Gasteiger partial charge in [0, 0.05) is 0 Å². The molecule has 23 heavy (non-hydrogen) atoms. The normalized spacial score (nSPS) is 20.8. The fraction of sp³-hybridized carbons (Fsp3) is 0.714. The molecule has 2 aliphatic heterocycles. The summed E-state index contributed by atoms with van der Waals surface area (Å²) in [5, 5.41) is 11.7. The molecular weight excluding hydrogens is 298 g/mol. The van der Waals surface area contributed by atoms with E-state index in [1.165, 1.54) is 16.1 Å². The van der Waals surface area contributed by atoms with Gasteiger partial charge in [-0.2, -0.15) is 0 Å². The molecule has 0 saturated carbocycles. The van der Waals surface area contributed by atoms with Crippen LogP contribution < -0.4 is 19.6 Å². The van der Waals surface area contributed by atoms with Crippen molar-refractivity contribution in [3.8, 4) is 0 Å². The minimum absolute atomic E-state index is 0.0617. The van der Waals surface area contributed by atoms with Crippen LogP contribution in [0, 0.1) is 10.1 Å².